The molecule has 3 aromatic rings. The zero-order valence-electron chi connectivity index (χ0n) is 15.6. The Morgan fingerprint density at radius 1 is 0.821 bits per heavy atom. The highest BCUT2D eigenvalue weighted by Gasteiger charge is 2.14. The third kappa shape index (κ3) is 4.98. The van der Waals surface area contributed by atoms with E-state index in [0.717, 1.165) is 17.5 Å². The van der Waals surface area contributed by atoms with E-state index in [1.54, 1.807) is 48.5 Å². The Bertz CT molecular complexity index is 1030. The molecular weight excluding hydrogens is 372 g/mol. The number of benzene rings is 3. The van der Waals surface area contributed by atoms with Gasteiger partial charge in [-0.05, 0) is 53.9 Å². The van der Waals surface area contributed by atoms with Crippen LogP contribution in [0, 0.1) is 0 Å². The van der Waals surface area contributed by atoms with Crippen molar-refractivity contribution in [3.8, 4) is 0 Å². The first kappa shape index (κ1) is 19.6. The van der Waals surface area contributed by atoms with Crippen LogP contribution >= 0.6 is 0 Å². The smallest absolute Gasteiger partial charge is 0.261 e. The highest BCUT2D eigenvalue weighted by atomic mass is 32.2. The summed E-state index contributed by atoms with van der Waals surface area (Å²) in [6.07, 6.45) is 0.849. The van der Waals surface area contributed by atoms with Gasteiger partial charge >= 0.3 is 0 Å². The molecule has 0 aliphatic rings. The Morgan fingerprint density at radius 3 is 2.07 bits per heavy atom. The minimum absolute atomic E-state index is 0.203. The van der Waals surface area contributed by atoms with E-state index in [4.69, 9.17) is 0 Å². The van der Waals surface area contributed by atoms with Gasteiger partial charge in [-0.1, -0.05) is 49.4 Å². The van der Waals surface area contributed by atoms with Crippen molar-refractivity contribution in [2.45, 2.75) is 24.8 Å². The number of hydrogen-bond donors (Lipinski definition) is 2. The molecule has 1 amide bonds. The van der Waals surface area contributed by atoms with Crippen molar-refractivity contribution < 1.29 is 13.2 Å². The Hall–Kier alpha value is -3.12. The van der Waals surface area contributed by atoms with Crippen molar-refractivity contribution in [3.63, 3.8) is 0 Å². The summed E-state index contributed by atoms with van der Waals surface area (Å²) in [7, 11) is -3.67. The Morgan fingerprint density at radius 2 is 1.46 bits per heavy atom. The summed E-state index contributed by atoms with van der Waals surface area (Å²) in [5.74, 6) is -0.214. The van der Waals surface area contributed by atoms with Crippen molar-refractivity contribution in [3.05, 3.63) is 95.6 Å². The Kier molecular flexibility index (Phi) is 6.11. The molecule has 0 unspecified atom stereocenters. The van der Waals surface area contributed by atoms with E-state index in [-0.39, 0.29) is 10.8 Å². The first-order valence-corrected chi connectivity index (χ1v) is 10.5. The third-order valence-electron chi connectivity index (χ3n) is 4.34. The molecule has 0 bridgehead atoms. The summed E-state index contributed by atoms with van der Waals surface area (Å²) in [6.45, 7) is 2.45. The first-order valence-electron chi connectivity index (χ1n) is 9.02. The van der Waals surface area contributed by atoms with E-state index in [1.165, 1.54) is 0 Å². The summed E-state index contributed by atoms with van der Waals surface area (Å²) < 4.78 is 27.5. The summed E-state index contributed by atoms with van der Waals surface area (Å²) >= 11 is 0. The average Bonchev–Trinajstić information content (AvgIpc) is 2.73. The molecule has 0 atom stereocenters. The first-order chi connectivity index (χ1) is 13.5. The molecule has 0 heterocycles. The fraction of sp³-hybridized carbons (Fsp3) is 0.136. The molecule has 2 N–H and O–H groups in total. The van der Waals surface area contributed by atoms with E-state index in [1.807, 2.05) is 37.3 Å². The van der Waals surface area contributed by atoms with Crippen LogP contribution in [0.1, 0.15) is 28.4 Å². The number of anilines is 1. The second-order valence-electron chi connectivity index (χ2n) is 6.35. The molecule has 0 spiro atoms. The molecule has 28 heavy (non-hydrogen) atoms. The zero-order valence-corrected chi connectivity index (χ0v) is 16.4. The standard InChI is InChI=1S/C22H22N2O3S/c1-2-17-8-14-21(15-9-17)28(26,27)24-20-12-10-19(11-13-20)22(25)23-16-18-6-4-3-5-7-18/h3-15,24H,2,16H2,1H3,(H,23,25). The van der Waals surface area contributed by atoms with Crippen molar-refractivity contribution in [1.82, 2.24) is 5.32 Å². The van der Waals surface area contributed by atoms with Gasteiger partial charge in [-0.15, -0.1) is 0 Å². The van der Waals surface area contributed by atoms with Crippen LogP contribution < -0.4 is 10.0 Å². The van der Waals surface area contributed by atoms with Crippen LogP contribution in [0.25, 0.3) is 0 Å². The second-order valence-corrected chi connectivity index (χ2v) is 8.03. The Balaban J connectivity index is 1.63. The van der Waals surface area contributed by atoms with Crippen LogP contribution in [0.4, 0.5) is 5.69 Å². The largest absolute Gasteiger partial charge is 0.348 e. The summed E-state index contributed by atoms with van der Waals surface area (Å²) in [4.78, 5) is 12.4. The van der Waals surface area contributed by atoms with Crippen LogP contribution in [0.2, 0.25) is 0 Å². The molecule has 3 aromatic carbocycles. The number of nitrogens with one attached hydrogen (secondary N) is 2. The number of hydrogen-bond acceptors (Lipinski definition) is 3. The minimum atomic E-state index is -3.67. The lowest BCUT2D eigenvalue weighted by atomic mass is 10.2. The molecule has 0 saturated heterocycles. The van der Waals surface area contributed by atoms with Gasteiger partial charge in [-0.3, -0.25) is 9.52 Å². The van der Waals surface area contributed by atoms with Gasteiger partial charge in [-0.2, -0.15) is 0 Å². The molecular formula is C22H22N2O3S. The van der Waals surface area contributed by atoms with Gasteiger partial charge in [0, 0.05) is 17.8 Å². The maximum atomic E-state index is 12.5. The van der Waals surface area contributed by atoms with Crippen LogP contribution in [0.5, 0.6) is 0 Å². The van der Waals surface area contributed by atoms with E-state index in [2.05, 4.69) is 10.0 Å². The van der Waals surface area contributed by atoms with Crippen molar-refractivity contribution in [2.24, 2.45) is 0 Å². The molecule has 144 valence electrons. The second kappa shape index (κ2) is 8.71. The molecule has 0 aliphatic heterocycles. The Labute approximate surface area is 165 Å². The number of carbonyl (C=O) groups excluding carboxylic acids is 1. The van der Waals surface area contributed by atoms with Gasteiger partial charge in [0.25, 0.3) is 15.9 Å². The zero-order chi connectivity index (χ0) is 20.0. The SMILES string of the molecule is CCc1ccc(S(=O)(=O)Nc2ccc(C(=O)NCc3ccccc3)cc2)cc1. The maximum Gasteiger partial charge on any atom is 0.261 e. The number of amides is 1. The van der Waals surface area contributed by atoms with Gasteiger partial charge in [0.05, 0.1) is 4.90 Å². The lowest BCUT2D eigenvalue weighted by Gasteiger charge is -2.10. The quantitative estimate of drug-likeness (QED) is 0.636. The van der Waals surface area contributed by atoms with E-state index in [9.17, 15) is 13.2 Å². The summed E-state index contributed by atoms with van der Waals surface area (Å²) in [5, 5.41) is 2.84. The highest BCUT2D eigenvalue weighted by Crippen LogP contribution is 2.17. The molecule has 0 fully saturated rings. The fourth-order valence-electron chi connectivity index (χ4n) is 2.69. The third-order valence-corrected chi connectivity index (χ3v) is 5.73. The lowest BCUT2D eigenvalue weighted by Crippen LogP contribution is -2.22. The van der Waals surface area contributed by atoms with Crippen molar-refractivity contribution in [1.29, 1.82) is 0 Å². The lowest BCUT2D eigenvalue weighted by molar-refractivity contribution is 0.0951. The molecule has 0 radical (unpaired) electrons. The van der Waals surface area contributed by atoms with Gasteiger partial charge in [-0.25, -0.2) is 8.42 Å². The summed E-state index contributed by atoms with van der Waals surface area (Å²) in [5.41, 5.74) is 2.95. The van der Waals surface area contributed by atoms with E-state index in [0.29, 0.717) is 17.8 Å². The molecule has 6 heteroatoms. The minimum Gasteiger partial charge on any atom is -0.348 e. The van der Waals surface area contributed by atoms with Gasteiger partial charge in [0.1, 0.15) is 0 Å². The molecule has 5 nitrogen and oxygen atoms in total. The van der Waals surface area contributed by atoms with Crippen LogP contribution in [0.3, 0.4) is 0 Å². The number of carbonyl (C=O) groups is 1. The monoisotopic (exact) mass is 394 g/mol. The molecule has 0 saturated carbocycles. The van der Waals surface area contributed by atoms with Gasteiger partial charge < -0.3 is 5.32 Å². The van der Waals surface area contributed by atoms with E-state index >= 15 is 0 Å². The summed E-state index contributed by atoms with van der Waals surface area (Å²) in [6, 6.07) is 22.8. The molecule has 0 aromatic heterocycles. The predicted molar refractivity (Wildman–Crippen MR) is 111 cm³/mol. The van der Waals surface area contributed by atoms with Crippen molar-refractivity contribution >= 4 is 21.6 Å². The van der Waals surface area contributed by atoms with Gasteiger partial charge in [0.15, 0.2) is 0 Å². The number of aryl methyl sites for hydroxylation is 1. The van der Waals surface area contributed by atoms with Crippen molar-refractivity contribution in [2.75, 3.05) is 4.72 Å². The van der Waals surface area contributed by atoms with Crippen LogP contribution in [-0.4, -0.2) is 14.3 Å². The topological polar surface area (TPSA) is 75.3 Å². The number of sulfonamides is 1. The van der Waals surface area contributed by atoms with Crippen LogP contribution in [0.15, 0.2) is 83.8 Å². The van der Waals surface area contributed by atoms with Crippen LogP contribution in [-0.2, 0) is 23.0 Å². The van der Waals surface area contributed by atoms with Gasteiger partial charge in [0.2, 0.25) is 0 Å². The maximum absolute atomic E-state index is 12.5. The normalized spacial score (nSPS) is 11.0. The predicted octanol–water partition coefficient (Wildman–Crippen LogP) is 3.98. The fourth-order valence-corrected chi connectivity index (χ4v) is 3.75. The van der Waals surface area contributed by atoms with E-state index < -0.39 is 10.0 Å². The number of rotatable bonds is 7. The average molecular weight is 394 g/mol. The molecule has 0 aliphatic carbocycles. The molecule has 3 rings (SSSR count). The highest BCUT2D eigenvalue weighted by molar-refractivity contribution is 7.92.